The minimum atomic E-state index is -4.75. The second-order valence-corrected chi connectivity index (χ2v) is 9.00. The summed E-state index contributed by atoms with van der Waals surface area (Å²) in [5.41, 5.74) is -3.88. The molecule has 0 N–H and O–H groups in total. The predicted molar refractivity (Wildman–Crippen MR) is 120 cm³/mol. The topological polar surface area (TPSA) is 27.7 Å². The van der Waals surface area contributed by atoms with Crippen molar-refractivity contribution in [1.82, 2.24) is 0 Å². The van der Waals surface area contributed by atoms with Crippen molar-refractivity contribution in [2.75, 3.05) is 13.2 Å². The van der Waals surface area contributed by atoms with Crippen molar-refractivity contribution < 1.29 is 53.7 Å². The zero-order valence-electron chi connectivity index (χ0n) is 20.3. The highest BCUT2D eigenvalue weighted by molar-refractivity contribution is 5.66. The molecular weight excluding hydrogens is 543 g/mol. The van der Waals surface area contributed by atoms with Crippen LogP contribution in [0.5, 0.6) is 5.75 Å². The average molecular weight is 564 g/mol. The summed E-state index contributed by atoms with van der Waals surface area (Å²) in [4.78, 5) is 0. The van der Waals surface area contributed by atoms with Gasteiger partial charge in [-0.1, -0.05) is 19.8 Å². The van der Waals surface area contributed by atoms with Crippen molar-refractivity contribution in [3.8, 4) is 16.9 Å². The molecule has 3 aromatic rings. The van der Waals surface area contributed by atoms with Gasteiger partial charge in [0.25, 0.3) is 0 Å². The smallest absolute Gasteiger partial charge is 0.429 e. The van der Waals surface area contributed by atoms with Gasteiger partial charge in [0.15, 0.2) is 23.7 Å². The van der Waals surface area contributed by atoms with Crippen molar-refractivity contribution >= 4 is 0 Å². The molecule has 3 nitrogen and oxygen atoms in total. The number of hydrogen-bond acceptors (Lipinski definition) is 3. The fraction of sp³-hybridized carbons (Fsp3) is 0.333. The zero-order valence-corrected chi connectivity index (χ0v) is 20.3. The fourth-order valence-corrected chi connectivity index (χ4v) is 4.19. The Balaban J connectivity index is 1.56. The van der Waals surface area contributed by atoms with Crippen molar-refractivity contribution in [3.05, 3.63) is 88.2 Å². The van der Waals surface area contributed by atoms with Crippen LogP contribution in [0.25, 0.3) is 11.1 Å². The van der Waals surface area contributed by atoms with Crippen LogP contribution in [0.2, 0.25) is 0 Å². The van der Waals surface area contributed by atoms with Crippen LogP contribution in [0.15, 0.2) is 36.4 Å². The van der Waals surface area contributed by atoms with Gasteiger partial charge in [-0.25, -0.2) is 30.7 Å². The lowest BCUT2D eigenvalue weighted by atomic mass is 10.0. The molecular formula is C27H21F9O3. The first-order chi connectivity index (χ1) is 18.4. The zero-order chi connectivity index (χ0) is 28.5. The Kier molecular flexibility index (Phi) is 8.45. The van der Waals surface area contributed by atoms with E-state index in [1.165, 1.54) is 0 Å². The lowest BCUT2D eigenvalue weighted by Gasteiger charge is -2.30. The number of rotatable bonds is 8. The third kappa shape index (κ3) is 6.17. The van der Waals surface area contributed by atoms with E-state index in [0.717, 1.165) is 19.3 Å². The van der Waals surface area contributed by atoms with Crippen LogP contribution in [-0.4, -0.2) is 13.2 Å². The number of alkyl halides is 2. The highest BCUT2D eigenvalue weighted by Gasteiger charge is 2.42. The van der Waals surface area contributed by atoms with E-state index in [1.54, 1.807) is 0 Å². The Hall–Kier alpha value is -3.25. The van der Waals surface area contributed by atoms with E-state index < -0.39 is 75.6 Å². The van der Waals surface area contributed by atoms with E-state index in [9.17, 15) is 39.5 Å². The summed E-state index contributed by atoms with van der Waals surface area (Å²) in [7, 11) is 0. The van der Waals surface area contributed by atoms with Crippen molar-refractivity contribution in [1.29, 1.82) is 0 Å². The van der Waals surface area contributed by atoms with Gasteiger partial charge in [-0.2, -0.15) is 8.78 Å². The maximum Gasteiger partial charge on any atom is 0.432 e. The molecule has 0 aliphatic carbocycles. The Morgan fingerprint density at radius 2 is 1.31 bits per heavy atom. The fourth-order valence-electron chi connectivity index (χ4n) is 4.19. The molecule has 4 rings (SSSR count). The normalized spacial score (nSPS) is 17.9. The largest absolute Gasteiger partial charge is 0.432 e. The number of halogens is 9. The summed E-state index contributed by atoms with van der Waals surface area (Å²) in [6.45, 7) is 2.51. The Bertz CT molecular complexity index is 1290. The third-order valence-electron chi connectivity index (χ3n) is 6.09. The monoisotopic (exact) mass is 564 g/mol. The first-order valence-corrected chi connectivity index (χ1v) is 11.8. The van der Waals surface area contributed by atoms with Crippen molar-refractivity contribution in [2.24, 2.45) is 5.92 Å². The second-order valence-electron chi connectivity index (χ2n) is 9.00. The van der Waals surface area contributed by atoms with Crippen LogP contribution in [0.4, 0.5) is 39.5 Å². The molecule has 12 heteroatoms. The molecule has 1 aliphatic rings. The molecule has 1 fully saturated rings. The van der Waals surface area contributed by atoms with Crippen LogP contribution < -0.4 is 4.74 Å². The molecule has 1 saturated heterocycles. The first kappa shape index (κ1) is 28.8. The highest BCUT2D eigenvalue weighted by Crippen LogP contribution is 2.39. The summed E-state index contributed by atoms with van der Waals surface area (Å²) >= 11 is 0. The molecule has 0 unspecified atom stereocenters. The maximum atomic E-state index is 14.8. The van der Waals surface area contributed by atoms with Gasteiger partial charge in [0.2, 0.25) is 0 Å². The number of benzene rings is 3. The maximum absolute atomic E-state index is 14.8. The minimum Gasteiger partial charge on any atom is -0.429 e. The van der Waals surface area contributed by atoms with Gasteiger partial charge < -0.3 is 14.2 Å². The molecule has 0 spiro atoms. The van der Waals surface area contributed by atoms with Crippen LogP contribution >= 0.6 is 0 Å². The predicted octanol–water partition coefficient (Wildman–Crippen LogP) is 8.31. The molecule has 39 heavy (non-hydrogen) atoms. The molecule has 3 aromatic carbocycles. The standard InChI is InChI=1S/C27H21F9O3/c1-2-3-4-13-11-37-26(38-12-13)15-7-19(30)24(20(31)8-15)27(35,36)39-16-9-17(28)23(18(29)10-16)14-5-21(32)25(34)22(33)6-14/h5-10,13,26H,2-4,11-12H2,1H3. The molecule has 0 amide bonds. The molecule has 1 heterocycles. The highest BCUT2D eigenvalue weighted by atomic mass is 19.3. The van der Waals surface area contributed by atoms with Crippen LogP contribution in [0.3, 0.4) is 0 Å². The Labute approximate surface area is 217 Å². The number of unbranched alkanes of at least 4 members (excludes halogenated alkanes) is 1. The summed E-state index contributed by atoms with van der Waals surface area (Å²) < 4.78 is 143. The summed E-state index contributed by atoms with van der Waals surface area (Å²) in [6, 6.07) is 2.19. The first-order valence-electron chi connectivity index (χ1n) is 11.8. The average Bonchev–Trinajstić information content (AvgIpc) is 2.85. The summed E-state index contributed by atoms with van der Waals surface area (Å²) in [6.07, 6.45) is -3.21. The van der Waals surface area contributed by atoms with E-state index in [1.807, 2.05) is 6.92 Å². The van der Waals surface area contributed by atoms with Crippen LogP contribution in [0.1, 0.15) is 43.6 Å². The van der Waals surface area contributed by atoms with Crippen molar-refractivity contribution in [3.63, 3.8) is 0 Å². The van der Waals surface area contributed by atoms with Gasteiger partial charge in [0.05, 0.1) is 18.8 Å². The molecule has 210 valence electrons. The van der Waals surface area contributed by atoms with Gasteiger partial charge >= 0.3 is 6.11 Å². The second kappa shape index (κ2) is 11.5. The van der Waals surface area contributed by atoms with Gasteiger partial charge in [-0.05, 0) is 36.2 Å². The SMILES string of the molecule is CCCCC1COC(c2cc(F)c(C(F)(F)Oc3cc(F)c(-c4cc(F)c(F)c(F)c4)c(F)c3)c(F)c2)OC1. The van der Waals surface area contributed by atoms with Gasteiger partial charge in [-0.15, -0.1) is 0 Å². The van der Waals surface area contributed by atoms with Gasteiger partial charge in [0.1, 0.15) is 34.6 Å². The van der Waals surface area contributed by atoms with Crippen molar-refractivity contribution in [2.45, 2.75) is 38.6 Å². The Morgan fingerprint density at radius 1 is 0.769 bits per heavy atom. The van der Waals surface area contributed by atoms with Crippen LogP contribution in [-0.2, 0) is 15.6 Å². The molecule has 1 aliphatic heterocycles. The van der Waals surface area contributed by atoms with E-state index in [-0.39, 0.29) is 36.8 Å². The molecule has 0 bridgehead atoms. The minimum absolute atomic E-state index is 0.0844. The molecule has 0 radical (unpaired) electrons. The molecule has 0 saturated carbocycles. The Morgan fingerprint density at radius 3 is 1.82 bits per heavy atom. The summed E-state index contributed by atoms with van der Waals surface area (Å²) in [5, 5.41) is 0. The lowest BCUT2D eigenvalue weighted by Crippen LogP contribution is -2.28. The molecule has 0 aromatic heterocycles. The van der Waals surface area contributed by atoms with Crippen LogP contribution in [0, 0.1) is 46.6 Å². The van der Waals surface area contributed by atoms with Gasteiger partial charge in [0, 0.05) is 23.6 Å². The van der Waals surface area contributed by atoms with Gasteiger partial charge in [-0.3, -0.25) is 0 Å². The van der Waals surface area contributed by atoms with E-state index in [0.29, 0.717) is 24.3 Å². The molecule has 0 atom stereocenters. The quantitative estimate of drug-likeness (QED) is 0.204. The number of hydrogen-bond donors (Lipinski definition) is 0. The van der Waals surface area contributed by atoms with E-state index in [2.05, 4.69) is 4.74 Å². The summed E-state index contributed by atoms with van der Waals surface area (Å²) in [5.74, 6) is -13.2. The lowest BCUT2D eigenvalue weighted by molar-refractivity contribution is -0.206. The van der Waals surface area contributed by atoms with E-state index in [4.69, 9.17) is 9.47 Å². The van der Waals surface area contributed by atoms with E-state index >= 15 is 0 Å². The third-order valence-corrected chi connectivity index (χ3v) is 6.09. The number of ether oxygens (including phenoxy) is 3.